The Hall–Kier alpha value is -2.43. The van der Waals surface area contributed by atoms with Crippen LogP contribution < -0.4 is 0 Å². The van der Waals surface area contributed by atoms with Crippen LogP contribution in [-0.2, 0) is 9.59 Å². The molecule has 2 amide bonds. The molecule has 1 aromatic rings. The van der Waals surface area contributed by atoms with Gasteiger partial charge in [0.2, 0.25) is 0 Å². The third kappa shape index (κ3) is 1.89. The fourth-order valence-electron chi connectivity index (χ4n) is 3.86. The molecular weight excluding hydrogens is 280 g/mol. The lowest BCUT2D eigenvalue weighted by Crippen LogP contribution is -2.38. The van der Waals surface area contributed by atoms with E-state index in [9.17, 15) is 14.7 Å². The third-order valence-electron chi connectivity index (χ3n) is 4.95. The van der Waals surface area contributed by atoms with Crippen LogP contribution in [0.15, 0.2) is 41.5 Å². The second-order valence-electron chi connectivity index (χ2n) is 6.17. The van der Waals surface area contributed by atoms with Crippen molar-refractivity contribution in [2.75, 3.05) is 0 Å². The van der Waals surface area contributed by atoms with E-state index in [0.717, 1.165) is 23.4 Å². The van der Waals surface area contributed by atoms with Gasteiger partial charge in [0.05, 0.1) is 18.1 Å². The van der Waals surface area contributed by atoms with Gasteiger partial charge in [0.15, 0.2) is 0 Å². The minimum absolute atomic E-state index is 0.166. The molecule has 5 heteroatoms. The quantitative estimate of drug-likeness (QED) is 0.515. The number of hydrazone groups is 1. The number of benzene rings is 1. The molecule has 1 aromatic carbocycles. The fraction of sp³-hybridized carbons (Fsp3) is 0.353. The normalized spacial score (nSPS) is 33.0. The van der Waals surface area contributed by atoms with Crippen LogP contribution in [0.3, 0.4) is 0 Å². The maximum Gasteiger partial charge on any atom is 0.254 e. The van der Waals surface area contributed by atoms with Gasteiger partial charge in [0.25, 0.3) is 11.8 Å². The molecule has 5 nitrogen and oxygen atoms in total. The molecule has 2 bridgehead atoms. The summed E-state index contributed by atoms with van der Waals surface area (Å²) in [5.41, 5.74) is 0.731. The van der Waals surface area contributed by atoms with Gasteiger partial charge in [-0.15, -0.1) is 0 Å². The van der Waals surface area contributed by atoms with Crippen LogP contribution in [0.1, 0.15) is 18.4 Å². The summed E-state index contributed by atoms with van der Waals surface area (Å²) in [5.74, 6) is -0.283. The molecule has 22 heavy (non-hydrogen) atoms. The van der Waals surface area contributed by atoms with E-state index in [1.165, 1.54) is 6.21 Å². The summed E-state index contributed by atoms with van der Waals surface area (Å²) < 4.78 is 0. The predicted molar refractivity (Wildman–Crippen MR) is 79.9 cm³/mol. The lowest BCUT2D eigenvalue weighted by atomic mass is 9.63. The summed E-state index contributed by atoms with van der Waals surface area (Å²) in [4.78, 5) is 25.1. The van der Waals surface area contributed by atoms with Crippen molar-refractivity contribution in [3.8, 4) is 5.75 Å². The van der Waals surface area contributed by atoms with Gasteiger partial charge in [0, 0.05) is 0 Å². The number of carbonyl (C=O) groups is 2. The smallest absolute Gasteiger partial charge is 0.254 e. The van der Waals surface area contributed by atoms with Crippen LogP contribution in [-0.4, -0.2) is 28.1 Å². The molecule has 4 atom stereocenters. The third-order valence-corrected chi connectivity index (χ3v) is 4.95. The molecule has 1 aliphatic heterocycles. The molecule has 1 saturated carbocycles. The van der Waals surface area contributed by atoms with Crippen molar-refractivity contribution in [2.45, 2.75) is 12.8 Å². The second kappa shape index (κ2) is 4.80. The van der Waals surface area contributed by atoms with E-state index in [0.29, 0.717) is 0 Å². The Balaban J connectivity index is 1.60. The first-order chi connectivity index (χ1) is 10.6. The van der Waals surface area contributed by atoms with Crippen molar-refractivity contribution >= 4 is 18.0 Å². The molecule has 0 spiro atoms. The van der Waals surface area contributed by atoms with Crippen LogP contribution >= 0.6 is 0 Å². The number of carbonyl (C=O) groups excluding carboxylic acids is 2. The van der Waals surface area contributed by atoms with E-state index in [1.54, 1.807) is 24.3 Å². The Bertz CT molecular complexity index is 660. The van der Waals surface area contributed by atoms with E-state index < -0.39 is 0 Å². The lowest BCUT2D eigenvalue weighted by molar-refractivity contribution is -0.140. The van der Waals surface area contributed by atoms with Gasteiger partial charge in [-0.3, -0.25) is 9.59 Å². The molecule has 0 radical (unpaired) electrons. The molecule has 1 N–H and O–H groups in total. The standard InChI is InChI=1S/C17H16N2O3/c20-13-7-1-10(2-8-13)9-18-19-16(21)14-11-3-4-12(6-5-11)15(14)17(19)22/h1-4,7-9,11-12,14-15,20H,5-6H2/b18-9-/t11-,12-,14-,15-/m1/s1. The number of allylic oxidation sites excluding steroid dienone is 2. The van der Waals surface area contributed by atoms with Crippen molar-refractivity contribution < 1.29 is 14.7 Å². The van der Waals surface area contributed by atoms with E-state index in [-0.39, 0.29) is 41.2 Å². The minimum atomic E-state index is -0.229. The monoisotopic (exact) mass is 296 g/mol. The Morgan fingerprint density at radius 1 is 1.00 bits per heavy atom. The minimum Gasteiger partial charge on any atom is -0.508 e. The van der Waals surface area contributed by atoms with Gasteiger partial charge < -0.3 is 5.11 Å². The van der Waals surface area contributed by atoms with Crippen LogP contribution in [0.2, 0.25) is 0 Å². The molecule has 0 aromatic heterocycles. The molecule has 2 fully saturated rings. The average Bonchev–Trinajstić information content (AvgIpc) is 2.82. The van der Waals surface area contributed by atoms with E-state index in [2.05, 4.69) is 17.3 Å². The number of phenolic OH excluding ortho intramolecular Hbond substituents is 1. The van der Waals surface area contributed by atoms with E-state index in [4.69, 9.17) is 0 Å². The molecule has 1 saturated heterocycles. The van der Waals surface area contributed by atoms with Crippen molar-refractivity contribution in [3.63, 3.8) is 0 Å². The lowest BCUT2D eigenvalue weighted by Gasteiger charge is -2.37. The zero-order chi connectivity index (χ0) is 15.3. The van der Waals surface area contributed by atoms with Gasteiger partial charge in [-0.05, 0) is 54.5 Å². The van der Waals surface area contributed by atoms with Gasteiger partial charge in [-0.25, -0.2) is 0 Å². The maximum absolute atomic E-state index is 12.5. The van der Waals surface area contributed by atoms with Gasteiger partial charge in [-0.2, -0.15) is 10.1 Å². The second-order valence-corrected chi connectivity index (χ2v) is 6.17. The Morgan fingerprint density at radius 2 is 1.55 bits per heavy atom. The number of hydrogen-bond donors (Lipinski definition) is 1. The summed E-state index contributed by atoms with van der Waals surface area (Å²) in [6.45, 7) is 0. The van der Waals surface area contributed by atoms with Gasteiger partial charge in [0.1, 0.15) is 5.75 Å². The van der Waals surface area contributed by atoms with E-state index in [1.807, 2.05) is 0 Å². The number of aromatic hydroxyl groups is 1. The number of imide groups is 1. The van der Waals surface area contributed by atoms with Gasteiger partial charge in [-0.1, -0.05) is 12.2 Å². The van der Waals surface area contributed by atoms with Crippen molar-refractivity contribution in [1.82, 2.24) is 5.01 Å². The highest BCUT2D eigenvalue weighted by molar-refractivity contribution is 6.06. The molecule has 112 valence electrons. The zero-order valence-electron chi connectivity index (χ0n) is 11.9. The number of phenols is 1. The predicted octanol–water partition coefficient (Wildman–Crippen LogP) is 1.92. The van der Waals surface area contributed by atoms with Crippen molar-refractivity contribution in [2.24, 2.45) is 28.8 Å². The number of hydrogen-bond acceptors (Lipinski definition) is 4. The topological polar surface area (TPSA) is 70.0 Å². The Labute approximate surface area is 127 Å². The summed E-state index contributed by atoms with van der Waals surface area (Å²) in [6, 6.07) is 6.45. The Morgan fingerprint density at radius 3 is 2.05 bits per heavy atom. The van der Waals surface area contributed by atoms with Crippen LogP contribution in [0.4, 0.5) is 0 Å². The number of amides is 2. The highest BCUT2D eigenvalue weighted by atomic mass is 16.3. The van der Waals surface area contributed by atoms with Crippen LogP contribution in [0.5, 0.6) is 5.75 Å². The molecule has 3 aliphatic carbocycles. The zero-order valence-corrected chi connectivity index (χ0v) is 11.9. The van der Waals surface area contributed by atoms with E-state index >= 15 is 0 Å². The molecule has 4 aliphatic rings. The first kappa shape index (κ1) is 13.2. The first-order valence-corrected chi connectivity index (χ1v) is 7.54. The maximum atomic E-state index is 12.5. The first-order valence-electron chi connectivity index (χ1n) is 7.54. The summed E-state index contributed by atoms with van der Waals surface area (Å²) in [6.07, 6.45) is 7.64. The number of fused-ring (bicyclic) bond motifs is 1. The molecular formula is C17H16N2O3. The van der Waals surface area contributed by atoms with Crippen molar-refractivity contribution in [1.29, 1.82) is 0 Å². The summed E-state index contributed by atoms with van der Waals surface area (Å²) >= 11 is 0. The summed E-state index contributed by atoms with van der Waals surface area (Å²) in [7, 11) is 0. The fourth-order valence-corrected chi connectivity index (χ4v) is 3.86. The largest absolute Gasteiger partial charge is 0.508 e. The SMILES string of the molecule is O=C1[C@H]2[C@H](C(=O)N1/N=C\c1ccc(O)cc1)[C@@H]1C=C[C@@H]2CC1. The van der Waals surface area contributed by atoms with Crippen LogP contribution in [0.25, 0.3) is 0 Å². The molecule has 5 rings (SSSR count). The average molecular weight is 296 g/mol. The number of nitrogens with zero attached hydrogens (tertiary/aromatic N) is 2. The number of rotatable bonds is 2. The van der Waals surface area contributed by atoms with Crippen LogP contribution in [0, 0.1) is 23.7 Å². The molecule has 0 unspecified atom stereocenters. The summed E-state index contributed by atoms with van der Waals surface area (Å²) in [5, 5.41) is 14.4. The highest BCUT2D eigenvalue weighted by Gasteiger charge is 2.56. The van der Waals surface area contributed by atoms with Crippen molar-refractivity contribution in [3.05, 3.63) is 42.0 Å². The van der Waals surface area contributed by atoms with Gasteiger partial charge >= 0.3 is 0 Å². The Kier molecular flexibility index (Phi) is 2.89. The highest BCUT2D eigenvalue weighted by Crippen LogP contribution is 2.49. The molecule has 1 heterocycles.